The molecule has 2 aromatic heterocycles. The monoisotopic (exact) mass is 746 g/mol. The van der Waals surface area contributed by atoms with E-state index in [0.29, 0.717) is 0 Å². The minimum Gasteiger partial charge on any atom is -0.309 e. The number of nitrogens with zero attached hydrogens (tertiary/aromatic N) is 2. The molecule has 0 amide bonds. The molecule has 0 bridgehead atoms. The normalized spacial score (nSPS) is 14.7. The van der Waals surface area contributed by atoms with Gasteiger partial charge < -0.3 is 9.13 Å². The van der Waals surface area contributed by atoms with Gasteiger partial charge in [-0.05, 0) is 135 Å². The van der Waals surface area contributed by atoms with Gasteiger partial charge in [0.2, 0.25) is 0 Å². The summed E-state index contributed by atoms with van der Waals surface area (Å²) in [6.45, 7) is 9.64. The molecule has 0 aliphatic heterocycles. The summed E-state index contributed by atoms with van der Waals surface area (Å²) in [5, 5.41) is 5.08. The van der Waals surface area contributed by atoms with E-state index >= 15 is 0 Å². The van der Waals surface area contributed by atoms with Crippen LogP contribution in [0.3, 0.4) is 0 Å². The predicted molar refractivity (Wildman–Crippen MR) is 247 cm³/mol. The molecule has 2 heteroatoms. The number of hydrogen-bond acceptors (Lipinski definition) is 0. The Morgan fingerprint density at radius 3 is 1.34 bits per heavy atom. The van der Waals surface area contributed by atoms with Gasteiger partial charge in [-0.25, -0.2) is 0 Å². The summed E-state index contributed by atoms with van der Waals surface area (Å²) in [5.74, 6) is 0. The molecular weight excluding hydrogens is 701 g/mol. The molecule has 11 rings (SSSR count). The van der Waals surface area contributed by atoms with Gasteiger partial charge in [0.1, 0.15) is 0 Å². The van der Waals surface area contributed by atoms with Crippen molar-refractivity contribution in [3.05, 3.63) is 193 Å². The van der Waals surface area contributed by atoms with Crippen LogP contribution in [0.1, 0.15) is 51.7 Å². The summed E-state index contributed by atoms with van der Waals surface area (Å²) >= 11 is 0. The van der Waals surface area contributed by atoms with E-state index in [0.717, 1.165) is 5.69 Å². The number of rotatable bonds is 5. The zero-order valence-corrected chi connectivity index (χ0v) is 33.6. The Bertz CT molecular complexity index is 3210. The van der Waals surface area contributed by atoms with Gasteiger partial charge >= 0.3 is 0 Å². The van der Waals surface area contributed by atoms with E-state index in [-0.39, 0.29) is 10.8 Å². The van der Waals surface area contributed by atoms with Crippen LogP contribution in [0.2, 0.25) is 0 Å². The number of para-hydroxylation sites is 2. The Morgan fingerprint density at radius 2 is 0.741 bits per heavy atom. The zero-order chi connectivity index (χ0) is 39.2. The van der Waals surface area contributed by atoms with Gasteiger partial charge in [-0.3, -0.25) is 0 Å². The van der Waals surface area contributed by atoms with Crippen molar-refractivity contribution >= 4 is 43.6 Å². The van der Waals surface area contributed by atoms with Crippen molar-refractivity contribution < 1.29 is 0 Å². The molecule has 58 heavy (non-hydrogen) atoms. The summed E-state index contributed by atoms with van der Waals surface area (Å²) in [7, 11) is 0. The minimum atomic E-state index is 0.146. The minimum absolute atomic E-state index is 0.146. The Labute approximate surface area is 340 Å². The number of aromatic nitrogens is 2. The summed E-state index contributed by atoms with van der Waals surface area (Å²) in [4.78, 5) is 0. The first-order valence-corrected chi connectivity index (χ1v) is 20.7. The van der Waals surface area contributed by atoms with Crippen LogP contribution in [0.15, 0.2) is 182 Å². The van der Waals surface area contributed by atoms with Crippen molar-refractivity contribution in [2.45, 2.75) is 51.4 Å². The van der Waals surface area contributed by atoms with Gasteiger partial charge in [0.15, 0.2) is 0 Å². The van der Waals surface area contributed by atoms with Crippen molar-refractivity contribution in [3.8, 4) is 44.8 Å². The van der Waals surface area contributed by atoms with Crippen LogP contribution in [0.5, 0.6) is 0 Å². The number of benzene rings is 8. The summed E-state index contributed by atoms with van der Waals surface area (Å²) in [6, 6.07) is 67.5. The number of hydrogen-bond donors (Lipinski definition) is 0. The van der Waals surface area contributed by atoms with Crippen LogP contribution in [-0.2, 0) is 10.8 Å². The second kappa shape index (κ2) is 12.9. The molecule has 8 aromatic carbocycles. The molecule has 10 aromatic rings. The standard InChI is InChI=1S/C56H46N2/c1-55(2)31-32-56(3,4)50-36-44(27-28-49(50)55)58-52-20-11-9-18-46(52)48-35-42(24-30-54(48)58)41-23-29-53-47(34-41)45-17-8-10-19-51(45)57(53)43-25-21-38(22-26-43)40-16-12-15-39(33-40)37-13-6-5-7-14-37/h5-30,33-36H,31-32H2,1-4H3. The lowest BCUT2D eigenvalue weighted by Crippen LogP contribution is -2.33. The second-order valence-corrected chi connectivity index (χ2v) is 17.7. The molecule has 0 fully saturated rings. The van der Waals surface area contributed by atoms with Crippen molar-refractivity contribution in [2.24, 2.45) is 0 Å². The average molecular weight is 747 g/mol. The molecule has 1 aliphatic rings. The first-order chi connectivity index (χ1) is 28.2. The van der Waals surface area contributed by atoms with Gasteiger partial charge in [0.25, 0.3) is 0 Å². The van der Waals surface area contributed by atoms with Gasteiger partial charge in [0.05, 0.1) is 22.1 Å². The fourth-order valence-corrected chi connectivity index (χ4v) is 9.89. The molecule has 2 nitrogen and oxygen atoms in total. The highest BCUT2D eigenvalue weighted by Crippen LogP contribution is 2.47. The van der Waals surface area contributed by atoms with Gasteiger partial charge in [-0.2, -0.15) is 0 Å². The van der Waals surface area contributed by atoms with E-state index in [1.807, 2.05) is 0 Å². The SMILES string of the molecule is CC1(C)CCC(C)(C)c2cc(-n3c4ccccc4c4cc(-c5ccc6c(c5)c5ccccc5n6-c5ccc(-c6cccc(-c7ccccc7)c6)cc5)ccc43)ccc21. The predicted octanol–water partition coefficient (Wildman–Crippen LogP) is 15.2. The highest BCUT2D eigenvalue weighted by Gasteiger charge is 2.37. The van der Waals surface area contributed by atoms with Gasteiger partial charge in [0, 0.05) is 32.9 Å². The van der Waals surface area contributed by atoms with Gasteiger partial charge in [-0.1, -0.05) is 143 Å². The summed E-state index contributed by atoms with van der Waals surface area (Å²) in [5.41, 5.74) is 18.0. The Kier molecular flexibility index (Phi) is 7.72. The first kappa shape index (κ1) is 34.6. The second-order valence-electron chi connectivity index (χ2n) is 17.7. The lowest BCUT2D eigenvalue weighted by atomic mass is 9.63. The molecule has 0 spiro atoms. The molecule has 0 saturated carbocycles. The van der Waals surface area contributed by atoms with E-state index in [1.165, 1.54) is 107 Å². The maximum Gasteiger partial charge on any atom is 0.0541 e. The highest BCUT2D eigenvalue weighted by atomic mass is 15.0. The largest absolute Gasteiger partial charge is 0.309 e. The van der Waals surface area contributed by atoms with Crippen molar-refractivity contribution in [3.63, 3.8) is 0 Å². The smallest absolute Gasteiger partial charge is 0.0541 e. The van der Waals surface area contributed by atoms with Crippen molar-refractivity contribution in [2.75, 3.05) is 0 Å². The van der Waals surface area contributed by atoms with Crippen molar-refractivity contribution in [1.82, 2.24) is 9.13 Å². The van der Waals surface area contributed by atoms with Crippen LogP contribution in [0.4, 0.5) is 0 Å². The maximum atomic E-state index is 2.48. The fourth-order valence-electron chi connectivity index (χ4n) is 9.89. The van der Waals surface area contributed by atoms with Gasteiger partial charge in [-0.15, -0.1) is 0 Å². The summed E-state index contributed by atoms with van der Waals surface area (Å²) < 4.78 is 4.89. The van der Waals surface area contributed by atoms with Crippen LogP contribution in [0, 0.1) is 0 Å². The Morgan fingerprint density at radius 1 is 0.310 bits per heavy atom. The third kappa shape index (κ3) is 5.46. The molecule has 2 heterocycles. The molecular formula is C56H46N2. The average Bonchev–Trinajstić information content (AvgIpc) is 3.78. The third-order valence-corrected chi connectivity index (χ3v) is 13.2. The van der Waals surface area contributed by atoms with E-state index in [9.17, 15) is 0 Å². The zero-order valence-electron chi connectivity index (χ0n) is 33.6. The van der Waals surface area contributed by atoms with Crippen LogP contribution in [0.25, 0.3) is 88.4 Å². The lowest BCUT2D eigenvalue weighted by molar-refractivity contribution is 0.332. The maximum absolute atomic E-state index is 2.48. The quantitative estimate of drug-likeness (QED) is 0.166. The molecule has 280 valence electrons. The topological polar surface area (TPSA) is 9.86 Å². The van der Waals surface area contributed by atoms with Crippen LogP contribution in [-0.4, -0.2) is 9.13 Å². The number of fused-ring (bicyclic) bond motifs is 7. The highest BCUT2D eigenvalue weighted by molar-refractivity contribution is 6.12. The third-order valence-electron chi connectivity index (χ3n) is 13.2. The molecule has 0 saturated heterocycles. The van der Waals surface area contributed by atoms with E-state index < -0.39 is 0 Å². The fraction of sp³-hybridized carbons (Fsp3) is 0.143. The Balaban J connectivity index is 0.997. The molecule has 0 unspecified atom stereocenters. The van der Waals surface area contributed by atoms with Crippen molar-refractivity contribution in [1.29, 1.82) is 0 Å². The molecule has 0 atom stereocenters. The van der Waals surface area contributed by atoms with E-state index in [1.54, 1.807) is 0 Å². The lowest BCUT2D eigenvalue weighted by Gasteiger charge is -2.42. The molecule has 0 radical (unpaired) electrons. The molecule has 0 N–H and O–H groups in total. The van der Waals surface area contributed by atoms with Crippen LogP contribution >= 0.6 is 0 Å². The van der Waals surface area contributed by atoms with E-state index in [2.05, 4.69) is 219 Å². The van der Waals surface area contributed by atoms with E-state index in [4.69, 9.17) is 0 Å². The first-order valence-electron chi connectivity index (χ1n) is 20.7. The van der Waals surface area contributed by atoms with Crippen LogP contribution < -0.4 is 0 Å². The molecule has 1 aliphatic carbocycles. The Hall–Kier alpha value is -6.64. The summed E-state index contributed by atoms with van der Waals surface area (Å²) in [6.07, 6.45) is 2.42.